The van der Waals surface area contributed by atoms with Gasteiger partial charge in [-0.1, -0.05) is 29.5 Å². The average Bonchev–Trinajstić information content (AvgIpc) is 3.49. The van der Waals surface area contributed by atoms with Crippen molar-refractivity contribution in [1.29, 1.82) is 0 Å². The predicted molar refractivity (Wildman–Crippen MR) is 144 cm³/mol. The van der Waals surface area contributed by atoms with Crippen molar-refractivity contribution in [3.63, 3.8) is 0 Å². The highest BCUT2D eigenvalue weighted by molar-refractivity contribution is 7.92. The number of para-hydroxylation sites is 1. The maximum absolute atomic E-state index is 13.3. The largest absolute Gasteiger partial charge is 0.494 e. The zero-order valence-corrected chi connectivity index (χ0v) is 22.2. The van der Waals surface area contributed by atoms with Crippen LogP contribution in [0.1, 0.15) is 22.8 Å². The first-order valence-corrected chi connectivity index (χ1v) is 14.2. The summed E-state index contributed by atoms with van der Waals surface area (Å²) >= 11 is 1.39. The Hall–Kier alpha value is -3.47. The number of carbonyl (C=O) groups excluding carboxylic acids is 1. The number of hydrogen-bond acceptors (Lipinski definition) is 6. The van der Waals surface area contributed by atoms with E-state index < -0.39 is 15.9 Å². The first-order valence-electron chi connectivity index (χ1n) is 12.0. The van der Waals surface area contributed by atoms with Crippen LogP contribution in [-0.4, -0.2) is 45.8 Å². The molecule has 0 saturated heterocycles. The molecule has 10 heteroatoms. The van der Waals surface area contributed by atoms with Gasteiger partial charge in [0, 0.05) is 25.8 Å². The molecule has 0 aliphatic carbocycles. The lowest BCUT2D eigenvalue weighted by Gasteiger charge is -2.19. The summed E-state index contributed by atoms with van der Waals surface area (Å²) in [6.07, 6.45) is 0.676. The number of rotatable bonds is 8. The smallest absolute Gasteiger partial charge is 0.279 e. The second-order valence-corrected chi connectivity index (χ2v) is 11.4. The minimum absolute atomic E-state index is 0.140. The molecule has 0 saturated carbocycles. The van der Waals surface area contributed by atoms with Crippen molar-refractivity contribution >= 4 is 43.2 Å². The lowest BCUT2D eigenvalue weighted by atomic mass is 10.2. The topological polar surface area (TPSA) is 90.2 Å². The van der Waals surface area contributed by atoms with Crippen LogP contribution in [0.25, 0.3) is 10.2 Å². The summed E-state index contributed by atoms with van der Waals surface area (Å²) in [5.41, 5.74) is 2.96. The van der Waals surface area contributed by atoms with Gasteiger partial charge in [-0.05, 0) is 67.4 Å². The average molecular weight is 538 g/mol. The van der Waals surface area contributed by atoms with Gasteiger partial charge in [-0.2, -0.15) is 4.99 Å². The Morgan fingerprint density at radius 1 is 1.08 bits per heavy atom. The van der Waals surface area contributed by atoms with Crippen molar-refractivity contribution in [2.45, 2.75) is 24.8 Å². The van der Waals surface area contributed by atoms with Gasteiger partial charge in [0.1, 0.15) is 5.75 Å². The molecule has 0 radical (unpaired) electrons. The van der Waals surface area contributed by atoms with Crippen LogP contribution in [-0.2, 0) is 27.7 Å². The molecule has 192 valence electrons. The Morgan fingerprint density at radius 2 is 1.86 bits per heavy atom. The van der Waals surface area contributed by atoms with Gasteiger partial charge in [-0.15, -0.1) is 0 Å². The van der Waals surface area contributed by atoms with Crippen molar-refractivity contribution in [2.75, 3.05) is 31.2 Å². The third-order valence-electron chi connectivity index (χ3n) is 6.22. The third-order valence-corrected chi connectivity index (χ3v) is 9.08. The van der Waals surface area contributed by atoms with Crippen LogP contribution in [0.4, 0.5) is 5.69 Å². The highest BCUT2D eigenvalue weighted by Gasteiger charge is 2.30. The number of amides is 1. The number of aromatic nitrogens is 1. The summed E-state index contributed by atoms with van der Waals surface area (Å²) in [5, 5.41) is 0. The molecule has 0 N–H and O–H groups in total. The normalized spacial score (nSPS) is 13.8. The molecule has 4 aromatic rings. The van der Waals surface area contributed by atoms with Gasteiger partial charge in [-0.25, -0.2) is 8.42 Å². The number of ether oxygens (including phenoxy) is 2. The van der Waals surface area contributed by atoms with Gasteiger partial charge < -0.3 is 14.0 Å². The van der Waals surface area contributed by atoms with Crippen molar-refractivity contribution in [1.82, 2.24) is 4.57 Å². The van der Waals surface area contributed by atoms with E-state index in [2.05, 4.69) is 4.99 Å². The number of carbonyl (C=O) groups is 1. The van der Waals surface area contributed by atoms with Crippen LogP contribution < -0.4 is 13.8 Å². The molecule has 3 aromatic carbocycles. The molecule has 1 aliphatic heterocycles. The second-order valence-electron chi connectivity index (χ2n) is 8.49. The first kappa shape index (κ1) is 25.2. The minimum Gasteiger partial charge on any atom is -0.494 e. The standard InChI is InChI=1S/C27H27N3O5S2/c1-3-35-21-10-13-24-25(18-21)36-27(29(24)16-17-34-2)28-26(31)20-8-11-22(12-9-20)37(32,33)30-15-14-19-6-4-5-7-23(19)30/h4-13,18H,3,14-17H2,1-2H3. The number of anilines is 1. The summed E-state index contributed by atoms with van der Waals surface area (Å²) in [7, 11) is -2.11. The molecule has 0 spiro atoms. The SMILES string of the molecule is CCOc1ccc2c(c1)sc(=NC(=O)c1ccc(S(=O)(=O)N3CCc4ccccc43)cc1)n2CCOC. The summed E-state index contributed by atoms with van der Waals surface area (Å²) in [6, 6.07) is 19.3. The van der Waals surface area contributed by atoms with Crippen molar-refractivity contribution in [3.05, 3.63) is 82.7 Å². The van der Waals surface area contributed by atoms with E-state index in [-0.39, 0.29) is 4.90 Å². The van der Waals surface area contributed by atoms with E-state index in [0.717, 1.165) is 21.5 Å². The van der Waals surface area contributed by atoms with E-state index in [1.165, 1.54) is 39.9 Å². The fourth-order valence-corrected chi connectivity index (χ4v) is 6.99. The Kier molecular flexibility index (Phi) is 7.14. The molecule has 1 aromatic heterocycles. The van der Waals surface area contributed by atoms with Gasteiger partial charge in [-0.3, -0.25) is 9.10 Å². The number of sulfonamides is 1. The molecular formula is C27H27N3O5S2. The highest BCUT2D eigenvalue weighted by atomic mass is 32.2. The first-order chi connectivity index (χ1) is 17.9. The van der Waals surface area contributed by atoms with E-state index in [0.29, 0.717) is 48.8 Å². The zero-order valence-electron chi connectivity index (χ0n) is 20.6. The van der Waals surface area contributed by atoms with Crippen molar-refractivity contribution in [3.8, 4) is 5.75 Å². The molecule has 2 heterocycles. The zero-order chi connectivity index (χ0) is 26.0. The minimum atomic E-state index is -3.73. The second kappa shape index (κ2) is 10.5. The van der Waals surface area contributed by atoms with Crippen LogP contribution in [0.3, 0.4) is 0 Å². The number of hydrogen-bond donors (Lipinski definition) is 0. The lowest BCUT2D eigenvalue weighted by molar-refractivity contribution is 0.0997. The Labute approximate surface area is 219 Å². The van der Waals surface area contributed by atoms with Crippen molar-refractivity contribution < 1.29 is 22.7 Å². The van der Waals surface area contributed by atoms with Crippen LogP contribution in [0.5, 0.6) is 5.75 Å². The lowest BCUT2D eigenvalue weighted by Crippen LogP contribution is -2.29. The van der Waals surface area contributed by atoms with Crippen molar-refractivity contribution in [2.24, 2.45) is 4.99 Å². The molecule has 37 heavy (non-hydrogen) atoms. The van der Waals surface area contributed by atoms with Crippen LogP contribution in [0.2, 0.25) is 0 Å². The molecular weight excluding hydrogens is 510 g/mol. The van der Waals surface area contributed by atoms with Gasteiger partial charge >= 0.3 is 0 Å². The molecule has 1 amide bonds. The molecule has 8 nitrogen and oxygen atoms in total. The fraction of sp³-hybridized carbons (Fsp3) is 0.259. The monoisotopic (exact) mass is 537 g/mol. The predicted octanol–water partition coefficient (Wildman–Crippen LogP) is 4.24. The maximum atomic E-state index is 13.3. The molecule has 0 unspecified atom stereocenters. The Bertz CT molecular complexity index is 1620. The molecule has 0 atom stereocenters. The quantitative estimate of drug-likeness (QED) is 0.335. The summed E-state index contributed by atoms with van der Waals surface area (Å²) in [4.78, 5) is 18.1. The van der Waals surface area contributed by atoms with E-state index in [1.807, 2.05) is 54.0 Å². The number of methoxy groups -OCH3 is 1. The van der Waals surface area contributed by atoms with Crippen LogP contribution >= 0.6 is 11.3 Å². The third kappa shape index (κ3) is 4.92. The highest BCUT2D eigenvalue weighted by Crippen LogP contribution is 2.32. The summed E-state index contributed by atoms with van der Waals surface area (Å²) in [5.74, 6) is 0.309. The van der Waals surface area contributed by atoms with Crippen LogP contribution in [0, 0.1) is 0 Å². The molecule has 0 bridgehead atoms. The molecule has 5 rings (SSSR count). The molecule has 0 fully saturated rings. The summed E-state index contributed by atoms with van der Waals surface area (Å²) < 4.78 is 41.7. The van der Waals surface area contributed by atoms with E-state index >= 15 is 0 Å². The number of nitrogens with zero attached hydrogens (tertiary/aromatic N) is 3. The van der Waals surface area contributed by atoms with E-state index in [4.69, 9.17) is 9.47 Å². The maximum Gasteiger partial charge on any atom is 0.279 e. The number of benzene rings is 3. The van der Waals surface area contributed by atoms with Gasteiger partial charge in [0.05, 0.1) is 34.0 Å². The Balaban J connectivity index is 1.45. The van der Waals surface area contributed by atoms with Crippen LogP contribution in [0.15, 0.2) is 76.6 Å². The fourth-order valence-electron chi connectivity index (χ4n) is 4.40. The number of thiazole rings is 1. The number of fused-ring (bicyclic) bond motifs is 2. The van der Waals surface area contributed by atoms with Gasteiger partial charge in [0.2, 0.25) is 0 Å². The summed E-state index contributed by atoms with van der Waals surface area (Å²) in [6.45, 7) is 3.89. The van der Waals surface area contributed by atoms with Gasteiger partial charge in [0.15, 0.2) is 4.80 Å². The Morgan fingerprint density at radius 3 is 2.62 bits per heavy atom. The van der Waals surface area contributed by atoms with Gasteiger partial charge in [0.25, 0.3) is 15.9 Å². The van der Waals surface area contributed by atoms with E-state index in [1.54, 1.807) is 7.11 Å². The molecule has 1 aliphatic rings. The van der Waals surface area contributed by atoms with E-state index in [9.17, 15) is 13.2 Å².